The highest BCUT2D eigenvalue weighted by atomic mass is 16.7. The van der Waals surface area contributed by atoms with Crippen molar-refractivity contribution in [2.45, 2.75) is 166 Å². The molecule has 236 valence electrons. The van der Waals surface area contributed by atoms with Crippen molar-refractivity contribution in [2.24, 2.45) is 0 Å². The molecule has 0 saturated carbocycles. The Morgan fingerprint density at radius 3 is 1.95 bits per heavy atom. The fourth-order valence-corrected chi connectivity index (χ4v) is 4.92. The van der Waals surface area contributed by atoms with Gasteiger partial charge >= 0.3 is 0 Å². The van der Waals surface area contributed by atoms with Crippen LogP contribution in [0.25, 0.3) is 0 Å². The number of aliphatic hydroxyl groups is 5. The SMILES string of the molecule is CCCCCCCCCC/C=C/[C@@H](O)[C@H](CO[C@@H]1O[C@H](CO)[C@H](O)C(O)C1O)NC(=O)CCCCCCCCC. The number of nitrogens with one attached hydrogen (secondary N) is 1. The molecule has 9 nitrogen and oxygen atoms in total. The number of amides is 1. The van der Waals surface area contributed by atoms with E-state index in [9.17, 15) is 30.3 Å². The minimum atomic E-state index is -1.56. The average Bonchev–Trinajstić information content (AvgIpc) is 2.95. The third-order valence-electron chi connectivity index (χ3n) is 7.61. The van der Waals surface area contributed by atoms with E-state index < -0.39 is 49.5 Å². The summed E-state index contributed by atoms with van der Waals surface area (Å²) in [6.45, 7) is 3.65. The number of ether oxygens (including phenoxy) is 2. The molecule has 2 unspecified atom stereocenters. The number of allylic oxidation sites excluding steroid dienone is 1. The topological polar surface area (TPSA) is 149 Å². The molecule has 1 heterocycles. The Morgan fingerprint density at radius 1 is 0.825 bits per heavy atom. The van der Waals surface area contributed by atoms with Crippen LogP contribution in [-0.4, -0.2) is 87.5 Å². The lowest BCUT2D eigenvalue weighted by atomic mass is 9.99. The Labute approximate surface area is 242 Å². The van der Waals surface area contributed by atoms with Crippen LogP contribution in [0.5, 0.6) is 0 Å². The van der Waals surface area contributed by atoms with E-state index >= 15 is 0 Å². The van der Waals surface area contributed by atoms with E-state index in [2.05, 4.69) is 19.2 Å². The van der Waals surface area contributed by atoms with Crippen LogP contribution < -0.4 is 5.32 Å². The lowest BCUT2D eigenvalue weighted by Gasteiger charge is -2.40. The standard InChI is InChI=1S/C31H59NO8/c1-3-5-7-9-11-12-13-15-16-18-20-25(34)24(32-27(35)21-19-17-14-10-8-6-4-2)23-39-31-30(38)29(37)28(36)26(22-33)40-31/h18,20,24-26,28-31,33-34,36-38H,3-17,19,21-23H2,1-2H3,(H,32,35)/b20-18+/t24-,25+,26+,28-,29?,30?,31+/m0/s1. The fraction of sp³-hybridized carbons (Fsp3) is 0.903. The molecule has 0 aliphatic carbocycles. The van der Waals surface area contributed by atoms with Gasteiger partial charge in [0.2, 0.25) is 5.91 Å². The number of unbranched alkanes of at least 4 members (excludes halogenated alkanes) is 14. The predicted molar refractivity (Wildman–Crippen MR) is 157 cm³/mol. The van der Waals surface area contributed by atoms with Gasteiger partial charge < -0.3 is 40.3 Å². The molecule has 0 aromatic carbocycles. The lowest BCUT2D eigenvalue weighted by Crippen LogP contribution is -2.60. The minimum absolute atomic E-state index is 0.186. The summed E-state index contributed by atoms with van der Waals surface area (Å²) in [5.74, 6) is -0.188. The first-order valence-electron chi connectivity index (χ1n) is 15.9. The lowest BCUT2D eigenvalue weighted by molar-refractivity contribution is -0.302. The maximum absolute atomic E-state index is 12.7. The zero-order valence-corrected chi connectivity index (χ0v) is 25.1. The first-order valence-corrected chi connectivity index (χ1v) is 15.9. The summed E-state index contributed by atoms with van der Waals surface area (Å²) in [6, 6.07) is -0.792. The van der Waals surface area contributed by atoms with E-state index in [0.717, 1.165) is 38.5 Å². The Bertz CT molecular complexity index is 647. The van der Waals surface area contributed by atoms with Crippen LogP contribution in [-0.2, 0) is 14.3 Å². The smallest absolute Gasteiger partial charge is 0.220 e. The highest BCUT2D eigenvalue weighted by molar-refractivity contribution is 5.76. The molecule has 9 heteroatoms. The zero-order valence-electron chi connectivity index (χ0n) is 25.1. The van der Waals surface area contributed by atoms with Crippen LogP contribution in [0.2, 0.25) is 0 Å². The maximum atomic E-state index is 12.7. The van der Waals surface area contributed by atoms with E-state index in [1.807, 2.05) is 6.08 Å². The summed E-state index contributed by atoms with van der Waals surface area (Å²) in [6.07, 6.45) is 14.2. The van der Waals surface area contributed by atoms with Crippen LogP contribution >= 0.6 is 0 Å². The van der Waals surface area contributed by atoms with Gasteiger partial charge in [-0.1, -0.05) is 109 Å². The van der Waals surface area contributed by atoms with Crippen molar-refractivity contribution in [3.8, 4) is 0 Å². The van der Waals surface area contributed by atoms with Crippen molar-refractivity contribution in [1.29, 1.82) is 0 Å². The molecule has 0 radical (unpaired) electrons. The van der Waals surface area contributed by atoms with Gasteiger partial charge in [-0.3, -0.25) is 4.79 Å². The Balaban J connectivity index is 2.58. The molecular formula is C31H59NO8. The molecule has 1 aliphatic rings. The normalized spacial score (nSPS) is 24.8. The first kappa shape index (κ1) is 37.0. The van der Waals surface area contributed by atoms with Gasteiger partial charge in [0.05, 0.1) is 25.4 Å². The van der Waals surface area contributed by atoms with Gasteiger partial charge in [-0.15, -0.1) is 0 Å². The van der Waals surface area contributed by atoms with Gasteiger partial charge in [-0.05, 0) is 19.3 Å². The van der Waals surface area contributed by atoms with Crippen LogP contribution in [0.3, 0.4) is 0 Å². The second-order valence-electron chi connectivity index (χ2n) is 11.3. The van der Waals surface area contributed by atoms with E-state index in [1.165, 1.54) is 64.2 Å². The molecular weight excluding hydrogens is 514 g/mol. The molecule has 40 heavy (non-hydrogen) atoms. The molecule has 1 amide bonds. The van der Waals surface area contributed by atoms with Crippen molar-refractivity contribution in [3.05, 3.63) is 12.2 Å². The average molecular weight is 574 g/mol. The number of hydrogen-bond donors (Lipinski definition) is 6. The quantitative estimate of drug-likeness (QED) is 0.0753. The number of hydrogen-bond acceptors (Lipinski definition) is 8. The zero-order chi connectivity index (χ0) is 29.6. The minimum Gasteiger partial charge on any atom is -0.394 e. The molecule has 6 N–H and O–H groups in total. The van der Waals surface area contributed by atoms with Crippen LogP contribution in [0.1, 0.15) is 123 Å². The van der Waals surface area contributed by atoms with E-state index in [1.54, 1.807) is 6.08 Å². The molecule has 0 bridgehead atoms. The highest BCUT2D eigenvalue weighted by Gasteiger charge is 2.44. The summed E-state index contributed by atoms with van der Waals surface area (Å²) in [7, 11) is 0. The van der Waals surface area contributed by atoms with Crippen LogP contribution in [0.15, 0.2) is 12.2 Å². The maximum Gasteiger partial charge on any atom is 0.220 e. The summed E-state index contributed by atoms with van der Waals surface area (Å²) in [5, 5.41) is 53.4. The monoisotopic (exact) mass is 573 g/mol. The molecule has 0 aromatic heterocycles. The van der Waals surface area contributed by atoms with Gasteiger partial charge in [0.25, 0.3) is 0 Å². The van der Waals surface area contributed by atoms with Crippen LogP contribution in [0.4, 0.5) is 0 Å². The van der Waals surface area contributed by atoms with Crippen molar-refractivity contribution in [3.63, 3.8) is 0 Å². The molecule has 1 aliphatic heterocycles. The number of rotatable bonds is 24. The molecule has 1 fully saturated rings. The van der Waals surface area contributed by atoms with Gasteiger partial charge in [0.1, 0.15) is 24.4 Å². The van der Waals surface area contributed by atoms with E-state index in [-0.39, 0.29) is 12.5 Å². The molecule has 0 aromatic rings. The van der Waals surface area contributed by atoms with Crippen molar-refractivity contribution < 1.29 is 39.8 Å². The summed E-state index contributed by atoms with van der Waals surface area (Å²) >= 11 is 0. The second kappa shape index (κ2) is 23.5. The van der Waals surface area contributed by atoms with Gasteiger partial charge in [-0.25, -0.2) is 0 Å². The largest absolute Gasteiger partial charge is 0.394 e. The van der Waals surface area contributed by atoms with Gasteiger partial charge in [0, 0.05) is 6.42 Å². The summed E-state index contributed by atoms with van der Waals surface area (Å²) in [4.78, 5) is 12.7. The molecule has 1 rings (SSSR count). The Kier molecular flexibility index (Phi) is 21.7. The predicted octanol–water partition coefficient (Wildman–Crippen LogP) is 3.88. The Hall–Kier alpha value is -1.07. The highest BCUT2D eigenvalue weighted by Crippen LogP contribution is 2.22. The van der Waals surface area contributed by atoms with Crippen molar-refractivity contribution in [2.75, 3.05) is 13.2 Å². The number of aliphatic hydroxyl groups excluding tert-OH is 5. The third kappa shape index (κ3) is 15.8. The summed E-state index contributed by atoms with van der Waals surface area (Å²) in [5.41, 5.74) is 0. The van der Waals surface area contributed by atoms with Gasteiger partial charge in [-0.2, -0.15) is 0 Å². The van der Waals surface area contributed by atoms with E-state index in [0.29, 0.717) is 6.42 Å². The first-order chi connectivity index (χ1) is 19.3. The molecule has 7 atom stereocenters. The molecule has 1 saturated heterocycles. The van der Waals surface area contributed by atoms with Gasteiger partial charge in [0.15, 0.2) is 6.29 Å². The van der Waals surface area contributed by atoms with Crippen molar-refractivity contribution >= 4 is 5.91 Å². The van der Waals surface area contributed by atoms with Crippen molar-refractivity contribution in [1.82, 2.24) is 5.32 Å². The van der Waals surface area contributed by atoms with Crippen LogP contribution in [0, 0.1) is 0 Å². The van der Waals surface area contributed by atoms with E-state index in [4.69, 9.17) is 9.47 Å². The number of carbonyl (C=O) groups is 1. The number of carbonyl (C=O) groups excluding carboxylic acids is 1. The second-order valence-corrected chi connectivity index (χ2v) is 11.3. The molecule has 0 spiro atoms. The third-order valence-corrected chi connectivity index (χ3v) is 7.61. The fourth-order valence-electron chi connectivity index (χ4n) is 4.92. The summed E-state index contributed by atoms with van der Waals surface area (Å²) < 4.78 is 11.1. The Morgan fingerprint density at radius 2 is 1.38 bits per heavy atom.